The standard InChI is InChI=1S/C19H14N2O5/c1-2-10-25-17-9-4-3-6-13(17)12-16-18(20-26-19(16)22)14-7-5-8-15(11-14)21(23)24/h2-9,11-12H,1,10H2/b16-12-. The highest BCUT2D eigenvalue weighted by Gasteiger charge is 2.28. The first-order chi connectivity index (χ1) is 12.6. The Hall–Kier alpha value is -3.74. The van der Waals surface area contributed by atoms with E-state index in [-0.39, 0.29) is 17.0 Å². The van der Waals surface area contributed by atoms with Crippen molar-refractivity contribution in [3.05, 3.63) is 88.0 Å². The van der Waals surface area contributed by atoms with E-state index in [1.807, 2.05) is 6.07 Å². The largest absolute Gasteiger partial charge is 0.489 e. The first-order valence-corrected chi connectivity index (χ1v) is 7.69. The molecule has 0 spiro atoms. The molecule has 0 saturated heterocycles. The predicted molar refractivity (Wildman–Crippen MR) is 95.8 cm³/mol. The number of ether oxygens (including phenoxy) is 1. The Morgan fingerprint density at radius 2 is 2.04 bits per heavy atom. The van der Waals surface area contributed by atoms with Gasteiger partial charge in [-0.05, 0) is 12.1 Å². The number of carbonyl (C=O) groups is 1. The van der Waals surface area contributed by atoms with Crippen LogP contribution in [0, 0.1) is 10.1 Å². The lowest BCUT2D eigenvalue weighted by molar-refractivity contribution is -0.384. The van der Waals surface area contributed by atoms with Crippen molar-refractivity contribution in [1.29, 1.82) is 0 Å². The minimum atomic E-state index is -0.634. The van der Waals surface area contributed by atoms with Crippen molar-refractivity contribution in [2.45, 2.75) is 0 Å². The summed E-state index contributed by atoms with van der Waals surface area (Å²) in [7, 11) is 0. The van der Waals surface area contributed by atoms with Crippen LogP contribution in [0.15, 0.2) is 71.9 Å². The SMILES string of the molecule is C=CCOc1ccccc1/C=C1\C(=O)ON=C1c1cccc([N+](=O)[O-])c1. The highest BCUT2D eigenvalue weighted by molar-refractivity contribution is 6.31. The van der Waals surface area contributed by atoms with Crippen LogP contribution in [0.4, 0.5) is 5.69 Å². The molecular weight excluding hydrogens is 336 g/mol. The number of para-hydroxylation sites is 1. The molecule has 0 radical (unpaired) electrons. The molecule has 3 rings (SSSR count). The maximum absolute atomic E-state index is 12.1. The highest BCUT2D eigenvalue weighted by atomic mass is 16.7. The molecule has 2 aromatic carbocycles. The number of hydrogen-bond acceptors (Lipinski definition) is 6. The summed E-state index contributed by atoms with van der Waals surface area (Å²) in [6, 6.07) is 13.0. The Morgan fingerprint density at radius 1 is 1.23 bits per heavy atom. The summed E-state index contributed by atoms with van der Waals surface area (Å²) >= 11 is 0. The van der Waals surface area contributed by atoms with Gasteiger partial charge in [0.1, 0.15) is 18.1 Å². The van der Waals surface area contributed by atoms with Crippen molar-refractivity contribution in [3.8, 4) is 5.75 Å². The van der Waals surface area contributed by atoms with E-state index in [1.54, 1.807) is 36.4 Å². The molecule has 0 aromatic heterocycles. The molecule has 0 atom stereocenters. The zero-order valence-corrected chi connectivity index (χ0v) is 13.6. The summed E-state index contributed by atoms with van der Waals surface area (Å²) in [6.45, 7) is 3.92. The molecule has 1 aliphatic rings. The summed E-state index contributed by atoms with van der Waals surface area (Å²) in [4.78, 5) is 27.4. The van der Waals surface area contributed by atoms with Crippen molar-refractivity contribution in [2.75, 3.05) is 6.61 Å². The number of oxime groups is 1. The molecule has 7 heteroatoms. The smallest absolute Gasteiger partial charge is 0.368 e. The molecule has 0 aliphatic carbocycles. The van der Waals surface area contributed by atoms with E-state index >= 15 is 0 Å². The molecule has 26 heavy (non-hydrogen) atoms. The third kappa shape index (κ3) is 3.51. The van der Waals surface area contributed by atoms with Gasteiger partial charge in [0, 0.05) is 23.3 Å². The van der Waals surface area contributed by atoms with Gasteiger partial charge in [0.05, 0.1) is 10.5 Å². The average molecular weight is 350 g/mol. The van der Waals surface area contributed by atoms with Crippen LogP contribution in [0.3, 0.4) is 0 Å². The molecule has 0 fully saturated rings. The van der Waals surface area contributed by atoms with Crippen LogP contribution in [0.5, 0.6) is 5.75 Å². The predicted octanol–water partition coefficient (Wildman–Crippen LogP) is 3.50. The molecule has 1 heterocycles. The summed E-state index contributed by atoms with van der Waals surface area (Å²) in [5.41, 5.74) is 1.40. The summed E-state index contributed by atoms with van der Waals surface area (Å²) in [5.74, 6) is -0.0666. The second-order valence-corrected chi connectivity index (χ2v) is 5.32. The Labute approximate surface area is 149 Å². The van der Waals surface area contributed by atoms with Crippen molar-refractivity contribution < 1.29 is 19.3 Å². The molecule has 0 unspecified atom stereocenters. The van der Waals surface area contributed by atoms with Crippen LogP contribution in [-0.2, 0) is 9.63 Å². The number of nitro benzene ring substituents is 1. The van der Waals surface area contributed by atoms with E-state index in [0.29, 0.717) is 23.5 Å². The van der Waals surface area contributed by atoms with Gasteiger partial charge in [-0.15, -0.1) is 0 Å². The van der Waals surface area contributed by atoms with Crippen LogP contribution in [-0.4, -0.2) is 23.2 Å². The summed E-state index contributed by atoms with van der Waals surface area (Å²) in [5, 5.41) is 14.8. The molecule has 1 aliphatic heterocycles. The number of non-ortho nitro benzene ring substituents is 1. The van der Waals surface area contributed by atoms with Crippen LogP contribution in [0.2, 0.25) is 0 Å². The van der Waals surface area contributed by atoms with Gasteiger partial charge in [0.2, 0.25) is 0 Å². The zero-order chi connectivity index (χ0) is 18.5. The maximum atomic E-state index is 12.1. The molecule has 2 aromatic rings. The molecule has 0 amide bonds. The van der Waals surface area contributed by atoms with Crippen LogP contribution >= 0.6 is 0 Å². The lowest BCUT2D eigenvalue weighted by Crippen LogP contribution is -2.07. The Kier molecular flexibility index (Phi) is 4.89. The quantitative estimate of drug-likeness (QED) is 0.261. The lowest BCUT2D eigenvalue weighted by atomic mass is 10.00. The van der Waals surface area contributed by atoms with Crippen LogP contribution in [0.25, 0.3) is 6.08 Å². The zero-order valence-electron chi connectivity index (χ0n) is 13.6. The van der Waals surface area contributed by atoms with E-state index in [2.05, 4.69) is 11.7 Å². The molecule has 0 saturated carbocycles. The number of nitrogens with zero attached hydrogens (tertiary/aromatic N) is 2. The fourth-order valence-corrected chi connectivity index (χ4v) is 2.42. The topological polar surface area (TPSA) is 91.0 Å². The lowest BCUT2D eigenvalue weighted by Gasteiger charge is -2.07. The molecule has 7 nitrogen and oxygen atoms in total. The third-order valence-electron chi connectivity index (χ3n) is 3.60. The van der Waals surface area contributed by atoms with E-state index in [0.717, 1.165) is 0 Å². The molecule has 0 N–H and O–H groups in total. The minimum Gasteiger partial charge on any atom is -0.489 e. The Bertz CT molecular complexity index is 946. The number of hydrogen-bond donors (Lipinski definition) is 0. The van der Waals surface area contributed by atoms with E-state index in [1.165, 1.54) is 18.2 Å². The van der Waals surface area contributed by atoms with Crippen LogP contribution < -0.4 is 4.74 Å². The van der Waals surface area contributed by atoms with Gasteiger partial charge in [-0.25, -0.2) is 4.79 Å². The van der Waals surface area contributed by atoms with Crippen molar-refractivity contribution in [1.82, 2.24) is 0 Å². The van der Waals surface area contributed by atoms with Gasteiger partial charge < -0.3 is 9.57 Å². The van der Waals surface area contributed by atoms with Gasteiger partial charge in [-0.3, -0.25) is 10.1 Å². The molecular formula is C19H14N2O5. The summed E-state index contributed by atoms with van der Waals surface area (Å²) in [6.07, 6.45) is 3.20. The second-order valence-electron chi connectivity index (χ2n) is 5.32. The number of carbonyl (C=O) groups excluding carboxylic acids is 1. The van der Waals surface area contributed by atoms with Crippen molar-refractivity contribution in [3.63, 3.8) is 0 Å². The van der Waals surface area contributed by atoms with Gasteiger partial charge in [-0.2, -0.15) is 0 Å². The number of benzene rings is 2. The molecule has 0 bridgehead atoms. The fourth-order valence-electron chi connectivity index (χ4n) is 2.42. The second kappa shape index (κ2) is 7.43. The van der Waals surface area contributed by atoms with Crippen molar-refractivity contribution in [2.24, 2.45) is 5.16 Å². The monoisotopic (exact) mass is 350 g/mol. The van der Waals surface area contributed by atoms with Gasteiger partial charge in [0.15, 0.2) is 0 Å². The van der Waals surface area contributed by atoms with E-state index in [9.17, 15) is 14.9 Å². The van der Waals surface area contributed by atoms with Crippen LogP contribution in [0.1, 0.15) is 11.1 Å². The van der Waals surface area contributed by atoms with E-state index < -0.39 is 10.9 Å². The number of nitro groups is 1. The number of rotatable bonds is 6. The first kappa shape index (κ1) is 17.1. The molecule has 130 valence electrons. The van der Waals surface area contributed by atoms with E-state index in [4.69, 9.17) is 9.57 Å². The normalized spacial score (nSPS) is 14.7. The maximum Gasteiger partial charge on any atom is 0.368 e. The summed E-state index contributed by atoms with van der Waals surface area (Å²) < 4.78 is 5.58. The Morgan fingerprint density at radius 3 is 2.81 bits per heavy atom. The van der Waals surface area contributed by atoms with Gasteiger partial charge >= 0.3 is 5.97 Å². The van der Waals surface area contributed by atoms with Gasteiger partial charge in [-0.1, -0.05) is 48.1 Å². The Balaban J connectivity index is 2.01. The van der Waals surface area contributed by atoms with Gasteiger partial charge in [0.25, 0.3) is 5.69 Å². The highest BCUT2D eigenvalue weighted by Crippen LogP contribution is 2.26. The first-order valence-electron chi connectivity index (χ1n) is 7.69. The average Bonchev–Trinajstić information content (AvgIpc) is 3.01. The fraction of sp³-hybridized carbons (Fsp3) is 0.0526. The van der Waals surface area contributed by atoms with Crippen molar-refractivity contribution >= 4 is 23.4 Å². The minimum absolute atomic E-state index is 0.0985. The third-order valence-corrected chi connectivity index (χ3v) is 3.60.